The van der Waals surface area contributed by atoms with Crippen LogP contribution in [0.4, 0.5) is 0 Å². The molecule has 1 aliphatic carbocycles. The summed E-state index contributed by atoms with van der Waals surface area (Å²) in [6.07, 6.45) is 6.57. The maximum absolute atomic E-state index is 12.1. The fraction of sp³-hybridized carbons (Fsp3) is 0.385. The zero-order valence-electron chi connectivity index (χ0n) is 18.5. The summed E-state index contributed by atoms with van der Waals surface area (Å²) in [7, 11) is 3.52. The maximum Gasteiger partial charge on any atom is 0.253 e. The van der Waals surface area contributed by atoms with Gasteiger partial charge in [0.2, 0.25) is 0 Å². The lowest BCUT2D eigenvalue weighted by Gasteiger charge is -2.21. The molecule has 0 spiro atoms. The van der Waals surface area contributed by atoms with E-state index in [0.717, 1.165) is 26.9 Å². The highest BCUT2D eigenvalue weighted by molar-refractivity contribution is 7.12. The Morgan fingerprint density at radius 3 is 2.52 bits per heavy atom. The molecule has 1 aliphatic rings. The number of aryl methyl sites for hydroxylation is 1. The molecule has 2 aromatic carbocycles. The largest absolute Gasteiger partial charge is 0.488 e. The van der Waals surface area contributed by atoms with E-state index in [0.29, 0.717) is 18.1 Å². The van der Waals surface area contributed by atoms with Crippen molar-refractivity contribution < 1.29 is 9.53 Å². The molecule has 1 amide bonds. The summed E-state index contributed by atoms with van der Waals surface area (Å²) < 4.78 is 6.08. The zero-order chi connectivity index (χ0) is 21.8. The molecule has 1 saturated carbocycles. The van der Waals surface area contributed by atoms with Crippen LogP contribution in [0, 0.1) is 13.0 Å². The molecule has 0 bridgehead atoms. The van der Waals surface area contributed by atoms with E-state index < -0.39 is 0 Å². The van der Waals surface area contributed by atoms with Gasteiger partial charge < -0.3 is 9.64 Å². The molecule has 4 rings (SSSR count). The highest BCUT2D eigenvalue weighted by Crippen LogP contribution is 2.33. The number of nitrogens with zero attached hydrogens (tertiary/aromatic N) is 2. The van der Waals surface area contributed by atoms with Crippen LogP contribution in [0.3, 0.4) is 0 Å². The van der Waals surface area contributed by atoms with Gasteiger partial charge in [0.1, 0.15) is 12.4 Å². The van der Waals surface area contributed by atoms with Crippen LogP contribution >= 0.6 is 11.3 Å². The number of rotatable bonds is 6. The van der Waals surface area contributed by atoms with E-state index in [9.17, 15) is 4.79 Å². The van der Waals surface area contributed by atoms with Crippen molar-refractivity contribution in [2.75, 3.05) is 14.1 Å². The fourth-order valence-electron chi connectivity index (χ4n) is 4.15. The molecule has 4 nitrogen and oxygen atoms in total. The lowest BCUT2D eigenvalue weighted by Crippen LogP contribution is -2.21. The Kier molecular flexibility index (Phi) is 6.71. The normalized spacial score (nSPS) is 14.4. The number of thiazole rings is 1. The molecule has 0 atom stereocenters. The SMILES string of the molecule is Cc1nc(-c2ccc(C(=O)N(C)C)cc2)c(COc2c[c]c(C3CCCCC3)cc2)s1. The van der Waals surface area contributed by atoms with Crippen molar-refractivity contribution >= 4 is 17.2 Å². The molecule has 0 N–H and O–H groups in total. The van der Waals surface area contributed by atoms with Gasteiger partial charge in [-0.05, 0) is 61.6 Å². The van der Waals surface area contributed by atoms with Gasteiger partial charge in [-0.3, -0.25) is 4.79 Å². The van der Waals surface area contributed by atoms with E-state index in [4.69, 9.17) is 9.72 Å². The van der Waals surface area contributed by atoms with E-state index in [2.05, 4.69) is 18.2 Å². The molecule has 3 aromatic rings. The molecule has 1 radical (unpaired) electrons. The molecule has 1 heterocycles. The minimum atomic E-state index is -0.00233. The second-order valence-corrected chi connectivity index (χ2v) is 9.67. The molecule has 0 unspecified atom stereocenters. The van der Waals surface area contributed by atoms with Crippen molar-refractivity contribution in [3.8, 4) is 17.0 Å². The predicted molar refractivity (Wildman–Crippen MR) is 126 cm³/mol. The average molecular weight is 434 g/mol. The van der Waals surface area contributed by atoms with Gasteiger partial charge in [0, 0.05) is 25.2 Å². The first-order valence-corrected chi connectivity index (χ1v) is 11.8. The number of aromatic nitrogens is 1. The topological polar surface area (TPSA) is 42.4 Å². The van der Waals surface area contributed by atoms with Crippen LogP contribution < -0.4 is 4.74 Å². The highest BCUT2D eigenvalue weighted by atomic mass is 32.1. The third-order valence-corrected chi connectivity index (χ3v) is 6.78. The number of carbonyl (C=O) groups is 1. The van der Waals surface area contributed by atoms with E-state index in [1.165, 1.54) is 37.7 Å². The summed E-state index contributed by atoms with van der Waals surface area (Å²) in [5.74, 6) is 1.49. The summed E-state index contributed by atoms with van der Waals surface area (Å²) in [6.45, 7) is 2.48. The van der Waals surface area contributed by atoms with Gasteiger partial charge in [0.15, 0.2) is 0 Å². The third-order valence-electron chi connectivity index (χ3n) is 5.84. The van der Waals surface area contributed by atoms with Gasteiger partial charge in [-0.15, -0.1) is 11.3 Å². The minimum absolute atomic E-state index is 0.00233. The number of hydrogen-bond acceptors (Lipinski definition) is 4. The van der Waals surface area contributed by atoms with E-state index in [-0.39, 0.29) is 5.91 Å². The summed E-state index contributed by atoms with van der Waals surface area (Å²) in [5, 5.41) is 1.00. The average Bonchev–Trinajstić information content (AvgIpc) is 3.18. The molecule has 1 fully saturated rings. The number of ether oxygens (including phenoxy) is 1. The molecule has 31 heavy (non-hydrogen) atoms. The molecular weight excluding hydrogens is 404 g/mol. The summed E-state index contributed by atoms with van der Waals surface area (Å²) in [5.41, 5.74) is 3.91. The van der Waals surface area contributed by atoms with Crippen LogP contribution in [0.5, 0.6) is 5.75 Å². The first-order valence-electron chi connectivity index (χ1n) is 10.9. The minimum Gasteiger partial charge on any atom is -0.488 e. The Bertz CT molecular complexity index is 1020. The fourth-order valence-corrected chi connectivity index (χ4v) is 5.02. The van der Waals surface area contributed by atoms with Crippen molar-refractivity contribution in [3.63, 3.8) is 0 Å². The van der Waals surface area contributed by atoms with Crippen molar-refractivity contribution in [1.29, 1.82) is 0 Å². The number of hydrogen-bond donors (Lipinski definition) is 0. The summed E-state index contributed by atoms with van der Waals surface area (Å²) >= 11 is 1.65. The number of benzene rings is 2. The number of amides is 1. The van der Waals surface area contributed by atoms with Crippen LogP contribution in [0.1, 0.15) is 63.8 Å². The standard InChI is InChI=1S/C26H29N2O2S/c1-18-27-25(21-9-11-22(12-10-21)26(29)28(2)3)24(31-18)17-30-23-15-13-20(14-16-23)19-7-5-4-6-8-19/h9-13,15-16,19H,4-8,17H2,1-3H3. The van der Waals surface area contributed by atoms with Crippen LogP contribution in [0.25, 0.3) is 11.3 Å². The predicted octanol–water partition coefficient (Wildman–Crippen LogP) is 6.25. The van der Waals surface area contributed by atoms with Crippen LogP contribution in [0.15, 0.2) is 42.5 Å². The monoisotopic (exact) mass is 433 g/mol. The quantitative estimate of drug-likeness (QED) is 0.462. The molecular formula is C26H29N2O2S. The third kappa shape index (κ3) is 5.16. The Hall–Kier alpha value is -2.66. The van der Waals surface area contributed by atoms with Gasteiger partial charge in [-0.1, -0.05) is 37.5 Å². The molecule has 0 saturated heterocycles. The van der Waals surface area contributed by atoms with Gasteiger partial charge in [-0.25, -0.2) is 4.98 Å². The molecule has 0 aliphatic heterocycles. The van der Waals surface area contributed by atoms with Gasteiger partial charge in [0.25, 0.3) is 5.91 Å². The van der Waals surface area contributed by atoms with Gasteiger partial charge >= 0.3 is 0 Å². The van der Waals surface area contributed by atoms with E-state index >= 15 is 0 Å². The zero-order valence-corrected chi connectivity index (χ0v) is 19.3. The second-order valence-electron chi connectivity index (χ2n) is 8.38. The van der Waals surface area contributed by atoms with E-state index in [1.54, 1.807) is 30.3 Å². The van der Waals surface area contributed by atoms with Crippen molar-refractivity contribution in [3.05, 3.63) is 69.5 Å². The summed E-state index contributed by atoms with van der Waals surface area (Å²) in [6, 6.07) is 17.3. The maximum atomic E-state index is 12.1. The summed E-state index contributed by atoms with van der Waals surface area (Å²) in [4.78, 5) is 19.5. The van der Waals surface area contributed by atoms with Crippen LogP contribution in [-0.4, -0.2) is 29.9 Å². The van der Waals surface area contributed by atoms with Crippen molar-refractivity contribution in [1.82, 2.24) is 9.88 Å². The first kappa shape index (κ1) is 21.6. The Labute approximate surface area is 188 Å². The Morgan fingerprint density at radius 1 is 1.13 bits per heavy atom. The number of carbonyl (C=O) groups excluding carboxylic acids is 1. The van der Waals surface area contributed by atoms with Crippen molar-refractivity contribution in [2.45, 2.75) is 51.6 Å². The lowest BCUT2D eigenvalue weighted by atomic mass is 9.84. The second kappa shape index (κ2) is 9.65. The first-order chi connectivity index (χ1) is 15.0. The van der Waals surface area contributed by atoms with Crippen LogP contribution in [-0.2, 0) is 6.61 Å². The molecule has 1 aromatic heterocycles. The molecule has 5 heteroatoms. The Morgan fingerprint density at radius 2 is 1.87 bits per heavy atom. The van der Waals surface area contributed by atoms with Gasteiger partial charge in [-0.2, -0.15) is 0 Å². The van der Waals surface area contributed by atoms with Gasteiger partial charge in [0.05, 0.1) is 15.6 Å². The van der Waals surface area contributed by atoms with Crippen LogP contribution in [0.2, 0.25) is 0 Å². The molecule has 161 valence electrons. The Balaban J connectivity index is 1.45. The smallest absolute Gasteiger partial charge is 0.253 e. The van der Waals surface area contributed by atoms with E-state index in [1.807, 2.05) is 37.3 Å². The highest BCUT2D eigenvalue weighted by Gasteiger charge is 2.16. The lowest BCUT2D eigenvalue weighted by molar-refractivity contribution is 0.0827. The van der Waals surface area contributed by atoms with Crippen molar-refractivity contribution in [2.24, 2.45) is 0 Å².